The zero-order chi connectivity index (χ0) is 19.7. The van der Waals surface area contributed by atoms with E-state index in [1.165, 1.54) is 30.0 Å². The molecule has 1 aromatic rings. The summed E-state index contributed by atoms with van der Waals surface area (Å²) in [5.41, 5.74) is 1.03. The molecular weight excluding hydrogens is 362 g/mol. The molecule has 3 rings (SSSR count). The van der Waals surface area contributed by atoms with Crippen molar-refractivity contribution in [2.24, 2.45) is 0 Å². The Kier molecular flexibility index (Phi) is 5.93. The van der Waals surface area contributed by atoms with Crippen molar-refractivity contribution in [1.29, 1.82) is 0 Å². The van der Waals surface area contributed by atoms with Crippen LogP contribution in [0.4, 0.5) is 0 Å². The highest BCUT2D eigenvalue weighted by atomic mass is 32.2. The quantitative estimate of drug-likeness (QED) is 0.716. The summed E-state index contributed by atoms with van der Waals surface area (Å²) in [6, 6.07) is 7.51. The van der Waals surface area contributed by atoms with Gasteiger partial charge in [0.15, 0.2) is 6.54 Å². The number of benzene rings is 1. The molecule has 1 saturated heterocycles. The van der Waals surface area contributed by atoms with Gasteiger partial charge in [0.1, 0.15) is 0 Å². The van der Waals surface area contributed by atoms with Gasteiger partial charge in [-0.05, 0) is 44.7 Å². The predicted octanol–water partition coefficient (Wildman–Crippen LogP) is 1.85. The van der Waals surface area contributed by atoms with Crippen LogP contribution >= 0.6 is 0 Å². The molecule has 7 heteroatoms. The van der Waals surface area contributed by atoms with Gasteiger partial charge in [0.25, 0.3) is 5.91 Å². The second-order valence-electron chi connectivity index (χ2n) is 8.47. The normalized spacial score (nSPS) is 20.2. The third kappa shape index (κ3) is 4.52. The zero-order valence-corrected chi connectivity index (χ0v) is 17.5. The molecule has 0 unspecified atom stereocenters. The van der Waals surface area contributed by atoms with Crippen molar-refractivity contribution in [1.82, 2.24) is 9.21 Å². The van der Waals surface area contributed by atoms with Crippen LogP contribution in [0.3, 0.4) is 0 Å². The number of carbonyl (C=O) groups is 1. The maximum absolute atomic E-state index is 12.8. The van der Waals surface area contributed by atoms with Crippen molar-refractivity contribution in [2.75, 3.05) is 46.8 Å². The van der Waals surface area contributed by atoms with E-state index in [9.17, 15) is 13.2 Å². The molecule has 2 fully saturated rings. The summed E-state index contributed by atoms with van der Waals surface area (Å²) < 4.78 is 27.8. The molecule has 150 valence electrons. The van der Waals surface area contributed by atoms with Gasteiger partial charge in [-0.1, -0.05) is 17.7 Å². The van der Waals surface area contributed by atoms with E-state index in [0.29, 0.717) is 43.7 Å². The Morgan fingerprint density at radius 1 is 1.04 bits per heavy atom. The van der Waals surface area contributed by atoms with Crippen LogP contribution in [0.25, 0.3) is 0 Å². The lowest BCUT2D eigenvalue weighted by Crippen LogP contribution is -2.57. The molecule has 0 aromatic heterocycles. The summed E-state index contributed by atoms with van der Waals surface area (Å²) in [7, 11) is 0.805. The van der Waals surface area contributed by atoms with Gasteiger partial charge in [0.2, 0.25) is 10.0 Å². The van der Waals surface area contributed by atoms with Crippen LogP contribution in [0, 0.1) is 6.92 Å². The highest BCUT2D eigenvalue weighted by molar-refractivity contribution is 7.89. The number of sulfonamides is 1. The minimum atomic E-state index is -3.48. The maximum Gasteiger partial charge on any atom is 0.277 e. The lowest BCUT2D eigenvalue weighted by Gasteiger charge is -2.39. The molecular formula is C20H32N3O3S+. The minimum absolute atomic E-state index is 0.138. The van der Waals surface area contributed by atoms with Gasteiger partial charge in [0.05, 0.1) is 25.0 Å². The van der Waals surface area contributed by atoms with Crippen molar-refractivity contribution < 1.29 is 17.7 Å². The van der Waals surface area contributed by atoms with Crippen molar-refractivity contribution in [3.63, 3.8) is 0 Å². The van der Waals surface area contributed by atoms with E-state index in [-0.39, 0.29) is 5.91 Å². The first-order chi connectivity index (χ1) is 12.7. The largest absolute Gasteiger partial charge is 0.335 e. The van der Waals surface area contributed by atoms with Crippen LogP contribution in [0.5, 0.6) is 0 Å². The number of quaternary nitrogens is 1. The van der Waals surface area contributed by atoms with Crippen molar-refractivity contribution >= 4 is 15.9 Å². The number of likely N-dealkylation sites (N-methyl/N-ethyl adjacent to an activating group) is 1. The number of hydrogen-bond acceptors (Lipinski definition) is 3. The minimum Gasteiger partial charge on any atom is -0.335 e. The van der Waals surface area contributed by atoms with E-state index in [2.05, 4.69) is 14.1 Å². The number of rotatable bonds is 5. The number of hydrogen-bond donors (Lipinski definition) is 0. The van der Waals surface area contributed by atoms with E-state index < -0.39 is 10.0 Å². The molecule has 0 atom stereocenters. The lowest BCUT2D eigenvalue weighted by atomic mass is 10.2. The highest BCUT2D eigenvalue weighted by Gasteiger charge is 2.36. The fraction of sp³-hybridized carbons (Fsp3) is 0.650. The molecule has 1 aromatic carbocycles. The van der Waals surface area contributed by atoms with Crippen molar-refractivity contribution in [3.05, 3.63) is 29.8 Å². The smallest absolute Gasteiger partial charge is 0.277 e. The fourth-order valence-electron chi connectivity index (χ4n) is 4.22. The van der Waals surface area contributed by atoms with Crippen molar-refractivity contribution in [3.8, 4) is 0 Å². The fourth-order valence-corrected chi connectivity index (χ4v) is 5.64. The van der Waals surface area contributed by atoms with Gasteiger partial charge in [0, 0.05) is 26.2 Å². The van der Waals surface area contributed by atoms with Gasteiger partial charge in [-0.3, -0.25) is 4.79 Å². The number of nitrogens with zero attached hydrogens (tertiary/aromatic N) is 3. The van der Waals surface area contributed by atoms with Gasteiger partial charge in [-0.25, -0.2) is 8.42 Å². The molecule has 0 spiro atoms. The molecule has 2 aliphatic rings. The number of amides is 1. The van der Waals surface area contributed by atoms with Crippen LogP contribution in [0.1, 0.15) is 31.2 Å². The molecule has 0 N–H and O–H groups in total. The van der Waals surface area contributed by atoms with Gasteiger partial charge >= 0.3 is 0 Å². The molecule has 1 aliphatic carbocycles. The third-order valence-electron chi connectivity index (χ3n) is 6.11. The SMILES string of the molecule is Cc1ccc(S(=O)(=O)N2CCN(C(=O)C[N+](C)(C)C3CCCC3)CC2)cc1. The molecule has 1 heterocycles. The maximum atomic E-state index is 12.8. The van der Waals surface area contributed by atoms with Gasteiger partial charge < -0.3 is 9.38 Å². The van der Waals surface area contributed by atoms with Crippen LogP contribution in [-0.2, 0) is 14.8 Å². The number of aryl methyl sites for hydroxylation is 1. The Hall–Kier alpha value is -1.44. The monoisotopic (exact) mass is 394 g/mol. The summed E-state index contributed by atoms with van der Waals surface area (Å²) in [5, 5.41) is 0. The first kappa shape index (κ1) is 20.3. The average Bonchev–Trinajstić information content (AvgIpc) is 3.17. The predicted molar refractivity (Wildman–Crippen MR) is 106 cm³/mol. The summed E-state index contributed by atoms with van der Waals surface area (Å²) >= 11 is 0. The molecule has 0 radical (unpaired) electrons. The Balaban J connectivity index is 1.58. The van der Waals surface area contributed by atoms with E-state index in [1.54, 1.807) is 12.1 Å². The lowest BCUT2D eigenvalue weighted by molar-refractivity contribution is -0.907. The van der Waals surface area contributed by atoms with E-state index in [4.69, 9.17) is 0 Å². The van der Waals surface area contributed by atoms with Crippen LogP contribution in [0.15, 0.2) is 29.2 Å². The molecule has 1 amide bonds. The second kappa shape index (κ2) is 7.89. The zero-order valence-electron chi connectivity index (χ0n) is 16.7. The topological polar surface area (TPSA) is 57.7 Å². The van der Waals surface area contributed by atoms with Crippen LogP contribution in [0.2, 0.25) is 0 Å². The third-order valence-corrected chi connectivity index (χ3v) is 8.02. The standard InChI is InChI=1S/C20H32N3O3S/c1-17-8-10-19(11-9-17)27(25,26)22-14-12-21(13-15-22)20(24)16-23(2,3)18-6-4-5-7-18/h8-11,18H,4-7,12-16H2,1-3H3/q+1. The van der Waals surface area contributed by atoms with Crippen LogP contribution in [-0.4, -0.2) is 80.9 Å². The molecule has 0 bridgehead atoms. The first-order valence-electron chi connectivity index (χ1n) is 9.87. The first-order valence-corrected chi connectivity index (χ1v) is 11.3. The molecule has 27 heavy (non-hydrogen) atoms. The van der Waals surface area contributed by atoms with Crippen LogP contribution < -0.4 is 0 Å². The van der Waals surface area contributed by atoms with E-state index in [0.717, 1.165) is 10.0 Å². The summed E-state index contributed by atoms with van der Waals surface area (Å²) in [5.74, 6) is 0.138. The number of piperazine rings is 1. The van der Waals surface area contributed by atoms with Crippen molar-refractivity contribution in [2.45, 2.75) is 43.5 Å². The Morgan fingerprint density at radius 3 is 2.15 bits per heavy atom. The van der Waals surface area contributed by atoms with Gasteiger partial charge in [-0.15, -0.1) is 0 Å². The summed E-state index contributed by atoms with van der Waals surface area (Å²) in [6.45, 7) is 4.09. The average molecular weight is 395 g/mol. The summed E-state index contributed by atoms with van der Waals surface area (Å²) in [6.07, 6.45) is 4.91. The van der Waals surface area contributed by atoms with Gasteiger partial charge in [-0.2, -0.15) is 4.31 Å². The Labute approximate surface area is 163 Å². The summed E-state index contributed by atoms with van der Waals surface area (Å²) in [4.78, 5) is 14.9. The number of carbonyl (C=O) groups excluding carboxylic acids is 1. The van der Waals surface area contributed by atoms with E-state index in [1.807, 2.05) is 24.0 Å². The Morgan fingerprint density at radius 2 is 1.59 bits per heavy atom. The Bertz CT molecular complexity index is 760. The highest BCUT2D eigenvalue weighted by Crippen LogP contribution is 2.27. The molecule has 1 aliphatic heterocycles. The van der Waals surface area contributed by atoms with E-state index >= 15 is 0 Å². The molecule has 6 nitrogen and oxygen atoms in total. The second-order valence-corrected chi connectivity index (χ2v) is 10.4. The molecule has 1 saturated carbocycles.